The van der Waals surface area contributed by atoms with E-state index in [1.165, 1.54) is 7.11 Å². The molecule has 0 fully saturated rings. The summed E-state index contributed by atoms with van der Waals surface area (Å²) in [5.74, 6) is 0.790. The van der Waals surface area contributed by atoms with E-state index < -0.39 is 0 Å². The number of aromatic nitrogens is 2. The third kappa shape index (κ3) is 3.26. The van der Waals surface area contributed by atoms with Gasteiger partial charge in [-0.25, -0.2) is 4.68 Å². The summed E-state index contributed by atoms with van der Waals surface area (Å²) in [6.07, 6.45) is 0. The number of benzene rings is 2. The third-order valence-corrected chi connectivity index (χ3v) is 4.18. The molecule has 0 aliphatic heterocycles. The van der Waals surface area contributed by atoms with E-state index in [1.54, 1.807) is 25.3 Å². The van der Waals surface area contributed by atoms with Crippen molar-refractivity contribution in [2.24, 2.45) is 0 Å². The predicted molar refractivity (Wildman–Crippen MR) is 101 cm³/mol. The molecule has 1 N–H and O–H groups in total. The van der Waals surface area contributed by atoms with E-state index >= 15 is 0 Å². The molecule has 3 rings (SSSR count). The maximum absolute atomic E-state index is 12.8. The largest absolute Gasteiger partial charge is 0.497 e. The van der Waals surface area contributed by atoms with E-state index in [0.29, 0.717) is 22.7 Å². The number of carbonyl (C=O) groups excluding carboxylic acids is 1. The summed E-state index contributed by atoms with van der Waals surface area (Å²) < 4.78 is 12.3. The van der Waals surface area contributed by atoms with Gasteiger partial charge in [-0.2, -0.15) is 5.10 Å². The summed E-state index contributed by atoms with van der Waals surface area (Å²) in [6, 6.07) is 14.9. The maximum Gasteiger partial charge on any atom is 0.259 e. The van der Waals surface area contributed by atoms with Crippen molar-refractivity contribution >= 4 is 11.6 Å². The van der Waals surface area contributed by atoms with Gasteiger partial charge in [-0.05, 0) is 44.2 Å². The molecule has 1 amide bonds. The zero-order valence-electron chi connectivity index (χ0n) is 15.2. The highest BCUT2D eigenvalue weighted by atomic mass is 16.5. The number of nitrogens with one attached hydrogen (secondary N) is 1. The van der Waals surface area contributed by atoms with Crippen LogP contribution in [0.2, 0.25) is 0 Å². The zero-order chi connectivity index (χ0) is 18.7. The summed E-state index contributed by atoms with van der Waals surface area (Å²) in [7, 11) is 3.09. The van der Waals surface area contributed by atoms with Crippen molar-refractivity contribution in [3.8, 4) is 17.2 Å². The number of amides is 1. The number of carbonyl (C=O) groups is 1. The fourth-order valence-corrected chi connectivity index (χ4v) is 2.82. The second-order valence-electron chi connectivity index (χ2n) is 5.81. The Morgan fingerprint density at radius 1 is 1.04 bits per heavy atom. The molecule has 0 unspecified atom stereocenters. The van der Waals surface area contributed by atoms with Gasteiger partial charge in [0.15, 0.2) is 0 Å². The number of hydrogen-bond donors (Lipinski definition) is 1. The molecule has 0 saturated heterocycles. The van der Waals surface area contributed by atoms with Crippen LogP contribution < -0.4 is 14.8 Å². The highest BCUT2D eigenvalue weighted by Gasteiger charge is 2.19. The summed E-state index contributed by atoms with van der Waals surface area (Å²) in [5, 5.41) is 7.50. The molecule has 0 saturated carbocycles. The number of rotatable bonds is 5. The maximum atomic E-state index is 12.8. The van der Waals surface area contributed by atoms with Gasteiger partial charge < -0.3 is 14.8 Å². The molecule has 0 atom stereocenters. The van der Waals surface area contributed by atoms with E-state index in [4.69, 9.17) is 9.47 Å². The molecule has 26 heavy (non-hydrogen) atoms. The average molecular weight is 351 g/mol. The molecule has 134 valence electrons. The predicted octanol–water partition coefficient (Wildman–Crippen LogP) is 3.76. The third-order valence-electron chi connectivity index (χ3n) is 4.18. The SMILES string of the molecule is COc1ccc(OC)c(C(=O)Nc2c(C)nn(-c3ccccc3)c2C)c1. The molecule has 1 aromatic heterocycles. The van der Waals surface area contributed by atoms with Gasteiger partial charge in [0.05, 0.1) is 42.5 Å². The Morgan fingerprint density at radius 2 is 1.77 bits per heavy atom. The van der Waals surface area contributed by atoms with E-state index in [0.717, 1.165) is 17.1 Å². The van der Waals surface area contributed by atoms with Gasteiger partial charge >= 0.3 is 0 Å². The van der Waals surface area contributed by atoms with Gasteiger partial charge in [0.1, 0.15) is 11.5 Å². The Kier molecular flexibility index (Phi) is 4.93. The average Bonchev–Trinajstić information content (AvgIpc) is 2.96. The highest BCUT2D eigenvalue weighted by molar-refractivity contribution is 6.07. The Balaban J connectivity index is 1.95. The van der Waals surface area contributed by atoms with Crippen LogP contribution in [0.4, 0.5) is 5.69 Å². The molecular formula is C20H21N3O3. The standard InChI is InChI=1S/C20H21N3O3/c1-13-19(14(2)23(22-13)15-8-6-5-7-9-15)21-20(24)17-12-16(25-3)10-11-18(17)26-4/h5-12H,1-4H3,(H,21,24). The van der Waals surface area contributed by atoms with E-state index in [1.807, 2.05) is 48.9 Å². The molecule has 0 spiro atoms. The van der Waals surface area contributed by atoms with Gasteiger partial charge in [0.2, 0.25) is 0 Å². The van der Waals surface area contributed by atoms with Crippen molar-refractivity contribution < 1.29 is 14.3 Å². The number of aryl methyl sites for hydroxylation is 1. The molecular weight excluding hydrogens is 330 g/mol. The summed E-state index contributed by atoms with van der Waals surface area (Å²) in [6.45, 7) is 3.79. The molecule has 6 heteroatoms. The lowest BCUT2D eigenvalue weighted by molar-refractivity contribution is 0.102. The van der Waals surface area contributed by atoms with Crippen molar-refractivity contribution in [1.82, 2.24) is 9.78 Å². The second-order valence-corrected chi connectivity index (χ2v) is 5.81. The molecule has 1 heterocycles. The first-order chi connectivity index (χ1) is 12.5. The lowest BCUT2D eigenvalue weighted by Gasteiger charge is -2.11. The summed E-state index contributed by atoms with van der Waals surface area (Å²) in [5.41, 5.74) is 3.61. The summed E-state index contributed by atoms with van der Waals surface area (Å²) >= 11 is 0. The number of nitrogens with zero attached hydrogens (tertiary/aromatic N) is 2. The van der Waals surface area contributed by atoms with E-state index in [9.17, 15) is 4.79 Å². The molecule has 2 aromatic carbocycles. The molecule has 0 aliphatic carbocycles. The molecule has 3 aromatic rings. The van der Waals surface area contributed by atoms with Gasteiger partial charge in [-0.3, -0.25) is 4.79 Å². The first-order valence-electron chi connectivity index (χ1n) is 8.20. The monoisotopic (exact) mass is 351 g/mol. The molecule has 0 bridgehead atoms. The van der Waals surface area contributed by atoms with Crippen LogP contribution in [-0.2, 0) is 0 Å². The van der Waals surface area contributed by atoms with Crippen LogP contribution in [0, 0.1) is 13.8 Å². The van der Waals surface area contributed by atoms with Gasteiger partial charge in [0.25, 0.3) is 5.91 Å². The topological polar surface area (TPSA) is 65.4 Å². The van der Waals surface area contributed by atoms with Crippen LogP contribution in [0.5, 0.6) is 11.5 Å². The zero-order valence-corrected chi connectivity index (χ0v) is 15.2. The fraction of sp³-hybridized carbons (Fsp3) is 0.200. The normalized spacial score (nSPS) is 10.5. The first-order valence-corrected chi connectivity index (χ1v) is 8.20. The lowest BCUT2D eigenvalue weighted by Crippen LogP contribution is -2.14. The number of methoxy groups -OCH3 is 2. The minimum atomic E-state index is -0.278. The molecule has 0 aliphatic rings. The number of anilines is 1. The number of ether oxygens (including phenoxy) is 2. The Hall–Kier alpha value is -3.28. The first kappa shape index (κ1) is 17.5. The number of para-hydroxylation sites is 1. The van der Waals surface area contributed by atoms with Crippen LogP contribution in [0.3, 0.4) is 0 Å². The van der Waals surface area contributed by atoms with Crippen LogP contribution in [0.1, 0.15) is 21.7 Å². The van der Waals surface area contributed by atoms with Crippen LogP contribution in [0.15, 0.2) is 48.5 Å². The Bertz CT molecular complexity index is 933. The van der Waals surface area contributed by atoms with E-state index in [2.05, 4.69) is 10.4 Å². The summed E-state index contributed by atoms with van der Waals surface area (Å²) in [4.78, 5) is 12.8. The van der Waals surface area contributed by atoms with Gasteiger partial charge in [0, 0.05) is 0 Å². The van der Waals surface area contributed by atoms with Gasteiger partial charge in [-0.1, -0.05) is 18.2 Å². The second kappa shape index (κ2) is 7.31. The van der Waals surface area contributed by atoms with Gasteiger partial charge in [-0.15, -0.1) is 0 Å². The van der Waals surface area contributed by atoms with Crippen molar-refractivity contribution in [1.29, 1.82) is 0 Å². The molecule has 6 nitrogen and oxygen atoms in total. The Labute approximate surface area is 152 Å². The van der Waals surface area contributed by atoms with E-state index in [-0.39, 0.29) is 5.91 Å². The van der Waals surface area contributed by atoms with Crippen molar-refractivity contribution in [2.75, 3.05) is 19.5 Å². The van der Waals surface area contributed by atoms with Crippen LogP contribution in [-0.4, -0.2) is 29.9 Å². The van der Waals surface area contributed by atoms with Crippen molar-refractivity contribution in [3.63, 3.8) is 0 Å². The fourth-order valence-electron chi connectivity index (χ4n) is 2.82. The Morgan fingerprint density at radius 3 is 2.42 bits per heavy atom. The van der Waals surface area contributed by atoms with Crippen LogP contribution >= 0.6 is 0 Å². The lowest BCUT2D eigenvalue weighted by atomic mass is 10.1. The van der Waals surface area contributed by atoms with Crippen molar-refractivity contribution in [3.05, 3.63) is 65.5 Å². The smallest absolute Gasteiger partial charge is 0.259 e. The molecule has 0 radical (unpaired) electrons. The van der Waals surface area contributed by atoms with Crippen LogP contribution in [0.25, 0.3) is 5.69 Å². The van der Waals surface area contributed by atoms with Crippen molar-refractivity contribution in [2.45, 2.75) is 13.8 Å². The number of hydrogen-bond acceptors (Lipinski definition) is 4. The minimum Gasteiger partial charge on any atom is -0.497 e. The quantitative estimate of drug-likeness (QED) is 0.760. The highest BCUT2D eigenvalue weighted by Crippen LogP contribution is 2.27. The minimum absolute atomic E-state index is 0.278.